The Bertz CT molecular complexity index is 863. The maximum absolute atomic E-state index is 13.4. The minimum Gasteiger partial charge on any atom is -0.484 e. The van der Waals surface area contributed by atoms with Crippen molar-refractivity contribution in [3.8, 4) is 5.75 Å². The lowest BCUT2D eigenvalue weighted by Crippen LogP contribution is -2.25. The van der Waals surface area contributed by atoms with Gasteiger partial charge in [0.25, 0.3) is 0 Å². The van der Waals surface area contributed by atoms with E-state index >= 15 is 0 Å². The summed E-state index contributed by atoms with van der Waals surface area (Å²) in [5, 5.41) is 0. The van der Waals surface area contributed by atoms with E-state index in [1.807, 2.05) is 0 Å². The zero-order valence-electron chi connectivity index (χ0n) is 14.9. The fourth-order valence-electron chi connectivity index (χ4n) is 2.85. The lowest BCUT2D eigenvalue weighted by molar-refractivity contribution is -0.153. The van der Waals surface area contributed by atoms with Gasteiger partial charge in [0.15, 0.2) is 12.4 Å². The van der Waals surface area contributed by atoms with Crippen LogP contribution in [0.4, 0.5) is 26.3 Å². The Balaban J connectivity index is 1.84. The Morgan fingerprint density at radius 2 is 1.86 bits per heavy atom. The molecule has 0 aliphatic heterocycles. The summed E-state index contributed by atoms with van der Waals surface area (Å²) in [6.07, 6.45) is -6.40. The number of hydrogen-bond acceptors (Lipinski definition) is 4. The number of rotatable bonds is 7. The van der Waals surface area contributed by atoms with E-state index in [9.17, 15) is 31.1 Å². The van der Waals surface area contributed by atoms with Gasteiger partial charge in [-0.3, -0.25) is 14.8 Å². The molecule has 0 amide bonds. The summed E-state index contributed by atoms with van der Waals surface area (Å²) in [6, 6.07) is 4.97. The fourth-order valence-corrected chi connectivity index (χ4v) is 2.85. The van der Waals surface area contributed by atoms with E-state index < -0.39 is 37.1 Å². The first-order valence-corrected chi connectivity index (χ1v) is 8.75. The van der Waals surface area contributed by atoms with Gasteiger partial charge in [0.2, 0.25) is 0 Å². The van der Waals surface area contributed by atoms with Gasteiger partial charge >= 0.3 is 12.4 Å². The maximum Gasteiger partial charge on any atom is 0.422 e. The van der Waals surface area contributed by atoms with Crippen LogP contribution in [0.5, 0.6) is 5.75 Å². The van der Waals surface area contributed by atoms with Gasteiger partial charge in [-0.25, -0.2) is 0 Å². The van der Waals surface area contributed by atoms with Gasteiger partial charge in [0.05, 0.1) is 5.69 Å². The number of carbonyl (C=O) groups excluding carboxylic acids is 1. The molecule has 29 heavy (non-hydrogen) atoms. The molecule has 3 rings (SSSR count). The summed E-state index contributed by atoms with van der Waals surface area (Å²) in [7, 11) is 0. The summed E-state index contributed by atoms with van der Waals surface area (Å²) in [4.78, 5) is 20.0. The molecule has 0 radical (unpaired) electrons. The lowest BCUT2D eigenvalue weighted by atomic mass is 9.95. The molecule has 2 aromatic rings. The van der Waals surface area contributed by atoms with Gasteiger partial charge in [0.1, 0.15) is 17.4 Å². The Hall–Kier alpha value is -2.65. The fraction of sp³-hybridized carbons (Fsp3) is 0.421. The SMILES string of the molecule is O=C(CC(c1ccccn1)C(F)(F)F)c1cc(OCC(F)(F)F)c(C2CC2)cn1. The highest BCUT2D eigenvalue weighted by molar-refractivity contribution is 5.95. The monoisotopic (exact) mass is 418 g/mol. The predicted octanol–water partition coefficient (Wildman–Crippen LogP) is 5.21. The molecule has 1 unspecified atom stereocenters. The number of carbonyl (C=O) groups is 1. The average Bonchev–Trinajstić information content (AvgIpc) is 3.48. The van der Waals surface area contributed by atoms with Crippen molar-refractivity contribution >= 4 is 5.78 Å². The summed E-state index contributed by atoms with van der Waals surface area (Å²) in [6.45, 7) is -1.57. The third-order valence-electron chi connectivity index (χ3n) is 4.42. The molecule has 0 bridgehead atoms. The van der Waals surface area contributed by atoms with Crippen LogP contribution in [0.3, 0.4) is 0 Å². The van der Waals surface area contributed by atoms with Gasteiger partial charge in [-0.15, -0.1) is 0 Å². The second-order valence-electron chi connectivity index (χ2n) is 6.76. The molecule has 1 atom stereocenters. The maximum atomic E-state index is 13.4. The van der Waals surface area contributed by atoms with Crippen LogP contribution < -0.4 is 4.74 Å². The first kappa shape index (κ1) is 21.1. The standard InChI is InChI=1S/C19H16F6N2O2/c20-18(21,22)10-29-17-8-15(27-9-12(17)11-4-5-11)16(28)7-13(19(23,24)25)14-3-1-2-6-26-14/h1-3,6,8-9,11,13H,4-5,7,10H2. The zero-order chi connectivity index (χ0) is 21.2. The molecule has 0 saturated heterocycles. The van der Waals surface area contributed by atoms with Crippen LogP contribution in [0.15, 0.2) is 36.7 Å². The third-order valence-corrected chi connectivity index (χ3v) is 4.42. The summed E-state index contributed by atoms with van der Waals surface area (Å²) >= 11 is 0. The number of pyridine rings is 2. The number of hydrogen-bond donors (Lipinski definition) is 0. The Labute approximate surface area is 161 Å². The van der Waals surface area contributed by atoms with E-state index in [2.05, 4.69) is 9.97 Å². The number of alkyl halides is 6. The number of ketones is 1. The van der Waals surface area contributed by atoms with Crippen LogP contribution in [0.2, 0.25) is 0 Å². The molecular weight excluding hydrogens is 402 g/mol. The number of halogens is 6. The largest absolute Gasteiger partial charge is 0.484 e. The van der Waals surface area contributed by atoms with Crippen molar-refractivity contribution < 1.29 is 35.9 Å². The summed E-state index contributed by atoms with van der Waals surface area (Å²) < 4.78 is 82.6. The highest BCUT2D eigenvalue weighted by atomic mass is 19.4. The first-order chi connectivity index (χ1) is 13.5. The molecule has 0 spiro atoms. The Morgan fingerprint density at radius 3 is 2.41 bits per heavy atom. The van der Waals surface area contributed by atoms with Crippen molar-refractivity contribution in [2.45, 2.75) is 43.5 Å². The second-order valence-corrected chi connectivity index (χ2v) is 6.76. The number of Topliss-reactive ketones (excluding diaryl/α,β-unsaturated/α-hetero) is 1. The van der Waals surface area contributed by atoms with Crippen LogP contribution in [0.25, 0.3) is 0 Å². The van der Waals surface area contributed by atoms with Crippen molar-refractivity contribution in [3.05, 3.63) is 53.6 Å². The van der Waals surface area contributed by atoms with E-state index in [0.29, 0.717) is 5.56 Å². The van der Waals surface area contributed by atoms with Crippen LogP contribution in [0, 0.1) is 0 Å². The Morgan fingerprint density at radius 1 is 1.14 bits per heavy atom. The van der Waals surface area contributed by atoms with E-state index in [1.54, 1.807) is 0 Å². The van der Waals surface area contributed by atoms with Crippen LogP contribution in [-0.2, 0) is 0 Å². The summed E-state index contributed by atoms with van der Waals surface area (Å²) in [5.41, 5.74) is -0.281. The normalized spacial score (nSPS) is 15.8. The molecular formula is C19H16F6N2O2. The molecule has 1 aliphatic rings. The van der Waals surface area contributed by atoms with Gasteiger partial charge in [-0.05, 0) is 30.9 Å². The van der Waals surface area contributed by atoms with Crippen molar-refractivity contribution in [2.75, 3.05) is 6.61 Å². The molecule has 156 valence electrons. The van der Waals surface area contributed by atoms with Crippen molar-refractivity contribution in [2.24, 2.45) is 0 Å². The first-order valence-electron chi connectivity index (χ1n) is 8.75. The van der Waals surface area contributed by atoms with E-state index in [4.69, 9.17) is 4.74 Å². The van der Waals surface area contributed by atoms with Crippen LogP contribution >= 0.6 is 0 Å². The average molecular weight is 418 g/mol. The third kappa shape index (κ3) is 5.68. The number of nitrogens with zero attached hydrogens (tertiary/aromatic N) is 2. The smallest absolute Gasteiger partial charge is 0.422 e. The van der Waals surface area contributed by atoms with Gasteiger partial charge in [0, 0.05) is 30.4 Å². The lowest BCUT2D eigenvalue weighted by Gasteiger charge is -2.19. The minimum absolute atomic E-state index is 0.0219. The number of ether oxygens (including phenoxy) is 1. The molecule has 0 N–H and O–H groups in total. The topological polar surface area (TPSA) is 52.1 Å². The second kappa shape index (κ2) is 8.00. The minimum atomic E-state index is -4.73. The van der Waals surface area contributed by atoms with Gasteiger partial charge < -0.3 is 4.74 Å². The van der Waals surface area contributed by atoms with Gasteiger partial charge in [-0.2, -0.15) is 26.3 Å². The van der Waals surface area contributed by atoms with E-state index in [-0.39, 0.29) is 23.1 Å². The molecule has 1 saturated carbocycles. The molecule has 1 aliphatic carbocycles. The molecule has 2 heterocycles. The van der Waals surface area contributed by atoms with E-state index in [0.717, 1.165) is 25.0 Å². The van der Waals surface area contributed by atoms with Crippen molar-refractivity contribution in [3.63, 3.8) is 0 Å². The molecule has 2 aromatic heterocycles. The molecule has 10 heteroatoms. The highest BCUT2D eigenvalue weighted by Crippen LogP contribution is 2.44. The van der Waals surface area contributed by atoms with E-state index in [1.165, 1.54) is 24.5 Å². The molecule has 0 aromatic carbocycles. The zero-order valence-corrected chi connectivity index (χ0v) is 14.9. The van der Waals surface area contributed by atoms with Crippen LogP contribution in [0.1, 0.15) is 52.8 Å². The summed E-state index contributed by atoms with van der Waals surface area (Å²) in [5.74, 6) is -3.31. The Kier molecular flexibility index (Phi) is 5.81. The van der Waals surface area contributed by atoms with Crippen molar-refractivity contribution in [1.82, 2.24) is 9.97 Å². The van der Waals surface area contributed by atoms with Crippen LogP contribution in [-0.4, -0.2) is 34.7 Å². The van der Waals surface area contributed by atoms with Gasteiger partial charge in [-0.1, -0.05) is 6.07 Å². The number of aromatic nitrogens is 2. The predicted molar refractivity (Wildman–Crippen MR) is 89.7 cm³/mol. The molecule has 4 nitrogen and oxygen atoms in total. The molecule has 1 fully saturated rings. The highest BCUT2D eigenvalue weighted by Gasteiger charge is 2.43. The quantitative estimate of drug-likeness (QED) is 0.457. The van der Waals surface area contributed by atoms with Crippen molar-refractivity contribution in [1.29, 1.82) is 0 Å².